The van der Waals surface area contributed by atoms with Gasteiger partial charge < -0.3 is 19.8 Å². The summed E-state index contributed by atoms with van der Waals surface area (Å²) in [6.07, 6.45) is 100. The first-order valence-corrected chi connectivity index (χ1v) is 40.0. The Morgan fingerprint density at radius 3 is 0.989 bits per heavy atom. The molecule has 0 aliphatic carbocycles. The van der Waals surface area contributed by atoms with Gasteiger partial charge in [-0.1, -0.05) is 375 Å². The van der Waals surface area contributed by atoms with Gasteiger partial charge in [0.15, 0.2) is 0 Å². The van der Waals surface area contributed by atoms with Crippen molar-refractivity contribution in [2.24, 2.45) is 0 Å². The zero-order valence-electron chi connectivity index (χ0n) is 59.7. The predicted octanol–water partition coefficient (Wildman–Crippen LogP) is 25.1. The number of nitrogens with one attached hydrogen (secondary N) is 1. The number of hydrogen-bond donors (Lipinski definition) is 3. The van der Waals surface area contributed by atoms with Crippen molar-refractivity contribution < 1.29 is 32.9 Å². The standard InChI is InChI=1S/C80H149N2O6P/c1-6-8-10-12-14-16-18-20-22-24-26-28-30-32-34-36-38-39-40-41-42-43-44-46-48-50-52-54-56-58-60-62-64-66-68-70-72-74-80(84)81-78(77-88-89(85,86)87-76-75-82(3,4)5)79(83)73-71-69-67-65-63-61-59-57-55-53-51-49-47-45-37-35-33-31-29-27-25-23-21-19-17-15-13-11-9-7-2/h8,10,14,16,20,22,26,28,32,34,38-39,71,73,78-79,83H,6-7,9,11-13,15,17-19,21,23-25,27,29-31,33,35-37,40-70,72,74-77H2,1-5H3,(H-,81,84,85,86)/p+1/b10-8-,16-14-,22-20-,28-26-,34-32-,39-38-,73-71+. The van der Waals surface area contributed by atoms with Crippen LogP contribution in [-0.2, 0) is 18.4 Å². The van der Waals surface area contributed by atoms with Gasteiger partial charge in [0.2, 0.25) is 5.91 Å². The zero-order valence-corrected chi connectivity index (χ0v) is 60.6. The Hall–Kier alpha value is -2.32. The highest BCUT2D eigenvalue weighted by Gasteiger charge is 2.28. The number of allylic oxidation sites excluding steroid dienone is 13. The molecule has 8 nitrogen and oxygen atoms in total. The monoisotopic (exact) mass is 1270 g/mol. The number of carbonyl (C=O) groups is 1. The molecule has 0 rings (SSSR count). The molecule has 0 aromatic rings. The van der Waals surface area contributed by atoms with Gasteiger partial charge in [-0.2, -0.15) is 0 Å². The molecular formula is C80H150N2O6P+. The van der Waals surface area contributed by atoms with Crippen LogP contribution in [0, 0.1) is 0 Å². The zero-order chi connectivity index (χ0) is 64.8. The van der Waals surface area contributed by atoms with E-state index in [-0.39, 0.29) is 19.1 Å². The van der Waals surface area contributed by atoms with E-state index in [2.05, 4.69) is 92.1 Å². The summed E-state index contributed by atoms with van der Waals surface area (Å²) in [4.78, 5) is 23.5. The highest BCUT2D eigenvalue weighted by atomic mass is 31.2. The fourth-order valence-corrected chi connectivity index (χ4v) is 12.2. The minimum atomic E-state index is -4.36. The molecule has 0 radical (unpaired) electrons. The van der Waals surface area contributed by atoms with Crippen molar-refractivity contribution in [2.75, 3.05) is 40.9 Å². The fraction of sp³-hybridized carbons (Fsp3) is 0.812. The summed E-state index contributed by atoms with van der Waals surface area (Å²) < 4.78 is 23.9. The Bertz CT molecular complexity index is 1730. The molecule has 0 spiro atoms. The van der Waals surface area contributed by atoms with Gasteiger partial charge in [0, 0.05) is 6.42 Å². The molecule has 0 heterocycles. The highest BCUT2D eigenvalue weighted by molar-refractivity contribution is 7.47. The van der Waals surface area contributed by atoms with E-state index in [0.29, 0.717) is 17.4 Å². The summed E-state index contributed by atoms with van der Waals surface area (Å²) in [7, 11) is 1.58. The van der Waals surface area contributed by atoms with Gasteiger partial charge in [0.1, 0.15) is 13.2 Å². The van der Waals surface area contributed by atoms with E-state index in [1.807, 2.05) is 27.2 Å². The van der Waals surface area contributed by atoms with Crippen LogP contribution in [0.5, 0.6) is 0 Å². The summed E-state index contributed by atoms with van der Waals surface area (Å²) in [6, 6.07) is -0.851. The third-order valence-electron chi connectivity index (χ3n) is 17.4. The number of quaternary nitrogens is 1. The highest BCUT2D eigenvalue weighted by Crippen LogP contribution is 2.43. The van der Waals surface area contributed by atoms with Crippen molar-refractivity contribution in [1.82, 2.24) is 5.32 Å². The first-order valence-electron chi connectivity index (χ1n) is 38.5. The number of likely N-dealkylation sites (N-methyl/N-ethyl adjacent to an activating group) is 1. The third-order valence-corrected chi connectivity index (χ3v) is 18.4. The van der Waals surface area contributed by atoms with E-state index in [9.17, 15) is 19.4 Å². The molecule has 0 bridgehead atoms. The van der Waals surface area contributed by atoms with Gasteiger partial charge in [-0.15, -0.1) is 0 Å². The molecule has 0 aromatic carbocycles. The van der Waals surface area contributed by atoms with Crippen LogP contribution in [0.2, 0.25) is 0 Å². The molecule has 1 amide bonds. The second-order valence-corrected chi connectivity index (χ2v) is 28.8. The largest absolute Gasteiger partial charge is 0.472 e. The lowest BCUT2D eigenvalue weighted by atomic mass is 10.0. The Morgan fingerprint density at radius 2 is 0.674 bits per heavy atom. The van der Waals surface area contributed by atoms with E-state index >= 15 is 0 Å². The van der Waals surface area contributed by atoms with Gasteiger partial charge in [-0.3, -0.25) is 13.8 Å². The molecule has 3 unspecified atom stereocenters. The van der Waals surface area contributed by atoms with E-state index in [1.54, 1.807) is 6.08 Å². The van der Waals surface area contributed by atoms with E-state index < -0.39 is 20.0 Å². The number of phosphoric ester groups is 1. The van der Waals surface area contributed by atoms with Crippen molar-refractivity contribution in [3.05, 3.63) is 85.1 Å². The molecule has 0 saturated heterocycles. The average Bonchev–Trinajstić information content (AvgIpc) is 3.57. The van der Waals surface area contributed by atoms with Crippen LogP contribution in [-0.4, -0.2) is 73.4 Å². The molecule has 0 fully saturated rings. The van der Waals surface area contributed by atoms with Gasteiger partial charge >= 0.3 is 7.82 Å². The number of rotatable bonds is 71. The number of unbranched alkanes of at least 4 members (excludes halogenated alkanes) is 46. The van der Waals surface area contributed by atoms with Gasteiger partial charge in [-0.05, 0) is 70.6 Å². The third kappa shape index (κ3) is 73.0. The average molecular weight is 1270 g/mol. The number of hydrogen-bond acceptors (Lipinski definition) is 5. The van der Waals surface area contributed by atoms with E-state index in [4.69, 9.17) is 9.05 Å². The Labute approximate surface area is 554 Å². The van der Waals surface area contributed by atoms with Crippen molar-refractivity contribution >= 4 is 13.7 Å². The number of nitrogens with zero attached hydrogens (tertiary/aromatic N) is 1. The molecule has 3 N–H and O–H groups in total. The maximum Gasteiger partial charge on any atom is 0.472 e. The normalized spacial score (nSPS) is 14.0. The first kappa shape index (κ1) is 86.7. The predicted molar refractivity (Wildman–Crippen MR) is 392 cm³/mol. The lowest BCUT2D eigenvalue weighted by Gasteiger charge is -2.25. The lowest BCUT2D eigenvalue weighted by Crippen LogP contribution is -2.45. The second kappa shape index (κ2) is 70.0. The van der Waals surface area contributed by atoms with Crippen LogP contribution in [0.3, 0.4) is 0 Å². The minimum Gasteiger partial charge on any atom is -0.387 e. The van der Waals surface area contributed by atoms with Crippen LogP contribution >= 0.6 is 7.82 Å². The minimum absolute atomic E-state index is 0.0610. The fourth-order valence-electron chi connectivity index (χ4n) is 11.5. The van der Waals surface area contributed by atoms with Crippen LogP contribution in [0.25, 0.3) is 0 Å². The van der Waals surface area contributed by atoms with Crippen molar-refractivity contribution in [3.63, 3.8) is 0 Å². The SMILES string of the molecule is CC/C=C\C/C=C\C/C=C\C/C=C\C/C=C\C/C=C\CCCCCCCCCCCCCCCCCCCCC(=O)NC(COP(=O)(O)OCC[N+](C)(C)C)C(O)/C=C/CCCCCCCCCCCCCCCCCCCCCCCCCCCCCC. The van der Waals surface area contributed by atoms with E-state index in [1.165, 1.54) is 270 Å². The summed E-state index contributed by atoms with van der Waals surface area (Å²) in [5.41, 5.74) is 0. The maximum atomic E-state index is 13.1. The molecular weight excluding hydrogens is 1120 g/mol. The van der Waals surface area contributed by atoms with Gasteiger partial charge in [0.05, 0.1) is 39.9 Å². The smallest absolute Gasteiger partial charge is 0.387 e. The Kier molecular flexibility index (Phi) is 68.2. The molecule has 0 saturated carbocycles. The van der Waals surface area contributed by atoms with E-state index in [0.717, 1.165) is 77.0 Å². The summed E-state index contributed by atoms with van der Waals surface area (Å²) >= 11 is 0. The molecule has 0 aliphatic heterocycles. The van der Waals surface area contributed by atoms with Crippen LogP contribution in [0.15, 0.2) is 85.1 Å². The molecule has 9 heteroatoms. The van der Waals surface area contributed by atoms with Gasteiger partial charge in [-0.25, -0.2) is 4.57 Å². The number of carbonyl (C=O) groups excluding carboxylic acids is 1. The number of aliphatic hydroxyl groups excluding tert-OH is 1. The molecule has 0 aliphatic rings. The molecule has 89 heavy (non-hydrogen) atoms. The molecule has 520 valence electrons. The van der Waals surface area contributed by atoms with Crippen molar-refractivity contribution in [3.8, 4) is 0 Å². The van der Waals surface area contributed by atoms with Gasteiger partial charge in [0.25, 0.3) is 0 Å². The molecule has 0 aromatic heterocycles. The molecule has 3 atom stereocenters. The van der Waals surface area contributed by atoms with Crippen LogP contribution in [0.4, 0.5) is 0 Å². The number of phosphoric acid groups is 1. The number of aliphatic hydroxyl groups is 1. The quantitative estimate of drug-likeness (QED) is 0.0243. The number of amides is 1. The summed E-state index contributed by atoms with van der Waals surface area (Å²) in [6.45, 7) is 4.75. The second-order valence-electron chi connectivity index (χ2n) is 27.4. The summed E-state index contributed by atoms with van der Waals surface area (Å²) in [5, 5.41) is 14.1. The van der Waals surface area contributed by atoms with Crippen molar-refractivity contribution in [1.29, 1.82) is 0 Å². The lowest BCUT2D eigenvalue weighted by molar-refractivity contribution is -0.870. The van der Waals surface area contributed by atoms with Crippen LogP contribution in [0.1, 0.15) is 367 Å². The summed E-state index contributed by atoms with van der Waals surface area (Å²) in [5.74, 6) is -0.172. The Balaban J connectivity index is 4.00. The topological polar surface area (TPSA) is 105 Å². The first-order chi connectivity index (χ1) is 43.5. The Morgan fingerprint density at radius 1 is 0.393 bits per heavy atom. The van der Waals surface area contributed by atoms with Crippen molar-refractivity contribution in [2.45, 2.75) is 379 Å². The maximum absolute atomic E-state index is 13.1. The van der Waals surface area contributed by atoms with Crippen LogP contribution < -0.4 is 5.32 Å².